The van der Waals surface area contributed by atoms with Gasteiger partial charge < -0.3 is 9.32 Å². The first kappa shape index (κ1) is 25.4. The fourth-order valence-corrected chi connectivity index (χ4v) is 3.15. The van der Waals surface area contributed by atoms with E-state index >= 15 is 0 Å². The summed E-state index contributed by atoms with van der Waals surface area (Å²) in [6.45, 7) is -2.40. The lowest BCUT2D eigenvalue weighted by molar-refractivity contribution is -0.137. The monoisotopic (exact) mass is 508 g/mol. The molecule has 0 N–H and O–H groups in total. The fraction of sp³-hybridized carbons (Fsp3) is 0.250. The molecule has 1 heterocycles. The quantitative estimate of drug-likeness (QED) is 0.297. The molecular formula is C20H13F8N4OP. The fourth-order valence-electron chi connectivity index (χ4n) is 2.97. The summed E-state index contributed by atoms with van der Waals surface area (Å²) in [6, 6.07) is 8.30. The number of hydrogen-bond acceptors (Lipinski definition) is 5. The van der Waals surface area contributed by atoms with Gasteiger partial charge in [-0.05, 0) is 30.3 Å². The largest absolute Gasteiger partial charge is 0.419 e. The second kappa shape index (κ2) is 9.18. The van der Waals surface area contributed by atoms with Gasteiger partial charge in [0.05, 0.1) is 23.7 Å². The maximum absolute atomic E-state index is 13.5. The van der Waals surface area contributed by atoms with Crippen LogP contribution in [0.25, 0.3) is 11.5 Å². The van der Waals surface area contributed by atoms with Crippen molar-refractivity contribution in [2.45, 2.75) is 24.6 Å². The SMILES string of the molecule is N#Cc1ccc(N(Cc2nnc(-c3cccc(C(F)(F)P)c3)o2)CC(F)(F)F)cc1C(F)(F)F. The van der Waals surface area contributed by atoms with Gasteiger partial charge >= 0.3 is 12.4 Å². The van der Waals surface area contributed by atoms with Crippen molar-refractivity contribution in [2.24, 2.45) is 0 Å². The highest BCUT2D eigenvalue weighted by Crippen LogP contribution is 2.37. The molecule has 0 aliphatic rings. The number of hydrogen-bond donors (Lipinski definition) is 0. The Bertz CT molecular complexity index is 1210. The summed E-state index contributed by atoms with van der Waals surface area (Å²) in [7, 11) is 1.35. The standard InChI is InChI=1S/C20H13F8N4OP/c21-18(22,23)10-32(14-5-4-12(8-29)15(7-14)19(24,25)26)9-16-30-31-17(33-16)11-2-1-3-13(6-11)20(27,28)34/h1-7H,9-10,34H2. The lowest BCUT2D eigenvalue weighted by atomic mass is 10.1. The van der Waals surface area contributed by atoms with Crippen molar-refractivity contribution in [1.29, 1.82) is 5.26 Å². The van der Waals surface area contributed by atoms with Gasteiger partial charge in [0, 0.05) is 16.8 Å². The summed E-state index contributed by atoms with van der Waals surface area (Å²) in [5, 5.41) is 16.1. The molecule has 0 bridgehead atoms. The van der Waals surface area contributed by atoms with Gasteiger partial charge in [-0.25, -0.2) is 0 Å². The molecule has 1 unspecified atom stereocenters. The van der Waals surface area contributed by atoms with Crippen LogP contribution in [0.4, 0.5) is 40.8 Å². The van der Waals surface area contributed by atoms with E-state index in [9.17, 15) is 35.1 Å². The van der Waals surface area contributed by atoms with Gasteiger partial charge in [0.15, 0.2) is 0 Å². The zero-order chi connectivity index (χ0) is 25.3. The summed E-state index contributed by atoms with van der Waals surface area (Å²) in [4.78, 5) is 0.515. The first-order chi connectivity index (χ1) is 15.7. The van der Waals surface area contributed by atoms with Gasteiger partial charge in [0.25, 0.3) is 5.66 Å². The molecule has 34 heavy (non-hydrogen) atoms. The molecule has 0 fully saturated rings. The average Bonchev–Trinajstić information content (AvgIpc) is 3.19. The Kier molecular flexibility index (Phi) is 6.85. The van der Waals surface area contributed by atoms with Gasteiger partial charge in [-0.2, -0.15) is 40.4 Å². The van der Waals surface area contributed by atoms with Crippen molar-refractivity contribution in [3.63, 3.8) is 0 Å². The highest BCUT2D eigenvalue weighted by Gasteiger charge is 2.36. The molecule has 0 saturated carbocycles. The number of halogens is 8. The number of anilines is 1. The zero-order valence-corrected chi connectivity index (χ0v) is 17.9. The van der Waals surface area contributed by atoms with Crippen LogP contribution in [0.5, 0.6) is 0 Å². The molecule has 1 aromatic heterocycles. The molecule has 14 heteroatoms. The number of alkyl halides is 8. The molecule has 2 aromatic carbocycles. The Balaban J connectivity index is 1.95. The Labute approximate surface area is 189 Å². The van der Waals surface area contributed by atoms with E-state index in [1.54, 1.807) is 0 Å². The predicted molar refractivity (Wildman–Crippen MR) is 107 cm³/mol. The number of rotatable bonds is 6. The molecule has 180 valence electrons. The minimum atomic E-state index is -4.98. The van der Waals surface area contributed by atoms with Gasteiger partial charge in [-0.1, -0.05) is 21.4 Å². The Morgan fingerprint density at radius 2 is 1.68 bits per heavy atom. The first-order valence-corrected chi connectivity index (χ1v) is 9.78. The van der Waals surface area contributed by atoms with Crippen molar-refractivity contribution < 1.29 is 39.5 Å². The lowest BCUT2D eigenvalue weighted by Gasteiger charge is -2.25. The predicted octanol–water partition coefficient (Wildman–Crippen LogP) is 6.12. The third-order valence-corrected chi connectivity index (χ3v) is 4.79. The second-order valence-electron chi connectivity index (χ2n) is 7.02. The molecule has 1 atom stereocenters. The molecule has 3 aromatic rings. The highest BCUT2D eigenvalue weighted by molar-refractivity contribution is 7.17. The Hall–Kier alpha value is -3.26. The minimum absolute atomic E-state index is 0.0680. The van der Waals surface area contributed by atoms with E-state index in [4.69, 9.17) is 9.68 Å². The molecule has 0 amide bonds. The van der Waals surface area contributed by atoms with E-state index in [0.717, 1.165) is 24.3 Å². The van der Waals surface area contributed by atoms with E-state index in [2.05, 4.69) is 10.2 Å². The smallest absolute Gasteiger partial charge is 0.417 e. The van der Waals surface area contributed by atoms with Crippen molar-refractivity contribution in [1.82, 2.24) is 10.2 Å². The molecule has 3 rings (SSSR count). The normalized spacial score (nSPS) is 12.5. The van der Waals surface area contributed by atoms with Gasteiger partial charge in [0.2, 0.25) is 11.8 Å². The third-order valence-electron chi connectivity index (χ3n) is 4.45. The van der Waals surface area contributed by atoms with Crippen LogP contribution in [-0.2, 0) is 18.4 Å². The average molecular weight is 508 g/mol. The van der Waals surface area contributed by atoms with Crippen molar-refractivity contribution in [3.05, 3.63) is 65.0 Å². The van der Waals surface area contributed by atoms with Crippen LogP contribution >= 0.6 is 9.24 Å². The van der Waals surface area contributed by atoms with Crippen LogP contribution in [-0.4, -0.2) is 22.9 Å². The van der Waals surface area contributed by atoms with E-state index in [1.807, 2.05) is 0 Å². The van der Waals surface area contributed by atoms with Crippen molar-refractivity contribution in [3.8, 4) is 17.5 Å². The Morgan fingerprint density at radius 3 is 2.26 bits per heavy atom. The highest BCUT2D eigenvalue weighted by atomic mass is 31.0. The second-order valence-corrected chi connectivity index (χ2v) is 7.74. The van der Waals surface area contributed by atoms with Crippen LogP contribution < -0.4 is 4.90 Å². The van der Waals surface area contributed by atoms with Crippen molar-refractivity contribution >= 4 is 14.9 Å². The molecule has 0 radical (unpaired) electrons. The van der Waals surface area contributed by atoms with Crippen LogP contribution in [0.3, 0.4) is 0 Å². The third kappa shape index (κ3) is 6.20. The Morgan fingerprint density at radius 1 is 0.971 bits per heavy atom. The number of benzene rings is 2. The topological polar surface area (TPSA) is 66.0 Å². The summed E-state index contributed by atoms with van der Waals surface area (Å²) in [5.74, 6) is -0.672. The van der Waals surface area contributed by atoms with Gasteiger partial charge in [-0.3, -0.25) is 0 Å². The number of aromatic nitrogens is 2. The first-order valence-electron chi connectivity index (χ1n) is 9.20. The molecular weight excluding hydrogens is 495 g/mol. The van der Waals surface area contributed by atoms with E-state index in [0.29, 0.717) is 11.0 Å². The minimum Gasteiger partial charge on any atom is -0.419 e. The molecule has 0 aliphatic carbocycles. The summed E-state index contributed by atoms with van der Waals surface area (Å²) < 4.78 is 112. The molecule has 0 spiro atoms. The van der Waals surface area contributed by atoms with Crippen LogP contribution in [0, 0.1) is 11.3 Å². The summed E-state index contributed by atoms with van der Waals surface area (Å²) in [5.41, 5.74) is -6.24. The summed E-state index contributed by atoms with van der Waals surface area (Å²) in [6.07, 6.45) is -9.79. The molecule has 0 saturated heterocycles. The van der Waals surface area contributed by atoms with Crippen LogP contribution in [0.15, 0.2) is 46.9 Å². The number of nitriles is 1. The zero-order valence-electron chi connectivity index (χ0n) is 16.8. The lowest BCUT2D eigenvalue weighted by Crippen LogP contribution is -2.34. The van der Waals surface area contributed by atoms with E-state index < -0.39 is 59.4 Å². The van der Waals surface area contributed by atoms with Crippen molar-refractivity contribution in [2.75, 3.05) is 11.4 Å². The van der Waals surface area contributed by atoms with Crippen LogP contribution in [0.2, 0.25) is 0 Å². The maximum Gasteiger partial charge on any atom is 0.417 e. The van der Waals surface area contributed by atoms with Gasteiger partial charge in [0.1, 0.15) is 6.54 Å². The maximum atomic E-state index is 13.5. The van der Waals surface area contributed by atoms with Crippen LogP contribution in [0.1, 0.15) is 22.6 Å². The molecule has 5 nitrogen and oxygen atoms in total. The van der Waals surface area contributed by atoms with Gasteiger partial charge in [-0.15, -0.1) is 10.2 Å². The van der Waals surface area contributed by atoms with E-state index in [1.165, 1.54) is 27.4 Å². The summed E-state index contributed by atoms with van der Waals surface area (Å²) >= 11 is 0. The number of nitrogens with zero attached hydrogens (tertiary/aromatic N) is 4. The van der Waals surface area contributed by atoms with E-state index in [-0.39, 0.29) is 11.5 Å². The molecule has 0 aliphatic heterocycles.